The minimum absolute atomic E-state index is 0.0138. The number of carbonyl (C=O) groups is 1. The molecule has 2 aromatic heterocycles. The van der Waals surface area contributed by atoms with Crippen LogP contribution in [-0.2, 0) is 17.9 Å². The van der Waals surface area contributed by atoms with Crippen molar-refractivity contribution in [3.63, 3.8) is 0 Å². The van der Waals surface area contributed by atoms with E-state index >= 15 is 0 Å². The van der Waals surface area contributed by atoms with E-state index in [1.54, 1.807) is 43.4 Å². The zero-order chi connectivity index (χ0) is 27.4. The van der Waals surface area contributed by atoms with Gasteiger partial charge in [-0.2, -0.15) is 8.78 Å². The minimum Gasteiger partial charge on any atom is -0.435 e. The van der Waals surface area contributed by atoms with Crippen LogP contribution in [0.3, 0.4) is 0 Å². The summed E-state index contributed by atoms with van der Waals surface area (Å²) in [6.07, 6.45) is 1.51. The molecule has 0 saturated heterocycles. The molecule has 0 aliphatic carbocycles. The Kier molecular flexibility index (Phi) is 8.33. The van der Waals surface area contributed by atoms with Crippen LogP contribution in [0.25, 0.3) is 33.5 Å². The van der Waals surface area contributed by atoms with Gasteiger partial charge in [-0.3, -0.25) is 14.2 Å². The molecule has 0 atom stereocenters. The zero-order valence-electron chi connectivity index (χ0n) is 21.0. The van der Waals surface area contributed by atoms with Crippen molar-refractivity contribution >= 4 is 28.5 Å². The van der Waals surface area contributed by atoms with Crippen LogP contribution in [0.15, 0.2) is 59.5 Å². The number of alkyl halides is 2. The third kappa shape index (κ3) is 6.32. The maximum atomic E-state index is 13.7. The molecule has 0 spiro atoms. The number of ether oxygens (including phenoxy) is 1. The number of carbonyl (C=O) groups excluding carboxylic acids is 1. The fourth-order valence-electron chi connectivity index (χ4n) is 4.07. The van der Waals surface area contributed by atoms with E-state index in [1.807, 2.05) is 13.8 Å². The van der Waals surface area contributed by atoms with Crippen molar-refractivity contribution in [1.82, 2.24) is 25.2 Å². The minimum atomic E-state index is -2.99. The van der Waals surface area contributed by atoms with Gasteiger partial charge in [0, 0.05) is 34.9 Å². The van der Waals surface area contributed by atoms with Gasteiger partial charge in [0.05, 0.1) is 5.39 Å². The Labute approximate surface area is 222 Å². The first kappa shape index (κ1) is 27.2. The molecule has 8 nitrogen and oxygen atoms in total. The number of pyridine rings is 1. The third-order valence-corrected chi connectivity index (χ3v) is 5.78. The van der Waals surface area contributed by atoms with Gasteiger partial charge in [0.1, 0.15) is 18.1 Å². The Hall–Kier alpha value is -3.89. The molecule has 38 heavy (non-hydrogen) atoms. The van der Waals surface area contributed by atoms with Crippen molar-refractivity contribution < 1.29 is 18.3 Å². The lowest BCUT2D eigenvalue weighted by atomic mass is 10.0. The van der Waals surface area contributed by atoms with Crippen LogP contribution in [0.2, 0.25) is 5.02 Å². The van der Waals surface area contributed by atoms with Gasteiger partial charge in [0.2, 0.25) is 5.91 Å². The molecular weight excluding hydrogens is 516 g/mol. The summed E-state index contributed by atoms with van der Waals surface area (Å²) in [6.45, 7) is 0.802. The van der Waals surface area contributed by atoms with Crippen LogP contribution in [0.4, 0.5) is 8.78 Å². The predicted octanol–water partition coefficient (Wildman–Crippen LogP) is 4.62. The van der Waals surface area contributed by atoms with Gasteiger partial charge >= 0.3 is 6.61 Å². The van der Waals surface area contributed by atoms with E-state index < -0.39 is 12.2 Å². The number of halogens is 3. The lowest BCUT2D eigenvalue weighted by Gasteiger charge is -2.15. The van der Waals surface area contributed by atoms with Crippen LogP contribution in [0.5, 0.6) is 5.75 Å². The highest BCUT2D eigenvalue weighted by Crippen LogP contribution is 2.29. The standard InChI is InChI=1S/C27H26ClF2N5O3/c1-15(2)33-23(36)14-35-25(17-5-4-6-20(28)9-17)34-24-22(26(35)37)11-19(13-32-24)18-7-16(12-31-3)8-21(10-18)38-27(29)30/h4-11,13,15,27,31H,12,14H2,1-3H3,(H,33,36). The molecule has 0 bridgehead atoms. The monoisotopic (exact) mass is 541 g/mol. The van der Waals surface area contributed by atoms with Crippen molar-refractivity contribution in [1.29, 1.82) is 0 Å². The number of nitrogens with one attached hydrogen (secondary N) is 2. The second-order valence-electron chi connectivity index (χ2n) is 8.93. The lowest BCUT2D eigenvalue weighted by Crippen LogP contribution is -2.37. The third-order valence-electron chi connectivity index (χ3n) is 5.55. The molecule has 11 heteroatoms. The molecule has 0 radical (unpaired) electrons. The van der Waals surface area contributed by atoms with E-state index in [1.165, 1.54) is 22.9 Å². The zero-order valence-corrected chi connectivity index (χ0v) is 21.7. The molecule has 2 heterocycles. The molecule has 0 aliphatic rings. The molecule has 2 N–H and O–H groups in total. The smallest absolute Gasteiger partial charge is 0.387 e. The maximum absolute atomic E-state index is 13.7. The fraction of sp³-hybridized carbons (Fsp3) is 0.259. The van der Waals surface area contributed by atoms with Gasteiger partial charge in [0.25, 0.3) is 5.56 Å². The molecule has 1 amide bonds. The molecule has 198 valence electrons. The summed E-state index contributed by atoms with van der Waals surface area (Å²) in [7, 11) is 1.74. The molecule has 0 fully saturated rings. The second-order valence-corrected chi connectivity index (χ2v) is 9.37. The number of hydrogen-bond donors (Lipinski definition) is 2. The largest absolute Gasteiger partial charge is 0.435 e. The number of hydrogen-bond acceptors (Lipinski definition) is 6. The number of fused-ring (bicyclic) bond motifs is 1. The van der Waals surface area contributed by atoms with Gasteiger partial charge in [-0.15, -0.1) is 0 Å². The molecule has 0 aliphatic heterocycles. The SMILES string of the molecule is CNCc1cc(OC(F)F)cc(-c2cnc3nc(-c4cccc(Cl)c4)n(CC(=O)NC(C)C)c(=O)c3c2)c1. The first-order valence-electron chi connectivity index (χ1n) is 11.8. The average Bonchev–Trinajstić information content (AvgIpc) is 2.84. The number of amides is 1. The van der Waals surface area contributed by atoms with Crippen molar-refractivity contribution in [2.45, 2.75) is 39.6 Å². The van der Waals surface area contributed by atoms with Gasteiger partial charge in [-0.05, 0) is 68.4 Å². The van der Waals surface area contributed by atoms with Crippen LogP contribution < -0.4 is 20.9 Å². The summed E-state index contributed by atoms with van der Waals surface area (Å²) < 4.78 is 31.7. The molecule has 4 rings (SSSR count). The lowest BCUT2D eigenvalue weighted by molar-refractivity contribution is -0.122. The van der Waals surface area contributed by atoms with Crippen molar-refractivity contribution in [2.75, 3.05) is 7.05 Å². The van der Waals surface area contributed by atoms with Crippen molar-refractivity contribution in [3.8, 4) is 28.3 Å². The quantitative estimate of drug-likeness (QED) is 0.321. The Morgan fingerprint density at radius 3 is 2.58 bits per heavy atom. The molecular formula is C27H26ClF2N5O3. The first-order valence-corrected chi connectivity index (χ1v) is 12.2. The fourth-order valence-corrected chi connectivity index (χ4v) is 4.26. The topological polar surface area (TPSA) is 98.1 Å². The van der Waals surface area contributed by atoms with Crippen LogP contribution >= 0.6 is 11.6 Å². The second kappa shape index (κ2) is 11.7. The van der Waals surface area contributed by atoms with E-state index in [9.17, 15) is 18.4 Å². The highest BCUT2D eigenvalue weighted by atomic mass is 35.5. The van der Waals surface area contributed by atoms with Crippen LogP contribution in [0.1, 0.15) is 19.4 Å². The molecule has 2 aromatic carbocycles. The first-order chi connectivity index (χ1) is 18.1. The van der Waals surface area contributed by atoms with Gasteiger partial charge in [0.15, 0.2) is 5.65 Å². The van der Waals surface area contributed by atoms with Gasteiger partial charge < -0.3 is 15.4 Å². The molecule has 0 unspecified atom stereocenters. The van der Waals surface area contributed by atoms with Gasteiger partial charge in [-0.1, -0.05) is 23.7 Å². The molecule has 0 saturated carbocycles. The Bertz CT molecular complexity index is 1540. The number of rotatable bonds is 9. The highest BCUT2D eigenvalue weighted by Gasteiger charge is 2.18. The number of benzene rings is 2. The summed E-state index contributed by atoms with van der Waals surface area (Å²) in [6, 6.07) is 13.0. The Morgan fingerprint density at radius 1 is 1.11 bits per heavy atom. The van der Waals surface area contributed by atoms with E-state index in [0.29, 0.717) is 33.8 Å². The van der Waals surface area contributed by atoms with Crippen LogP contribution in [0, 0.1) is 0 Å². The maximum Gasteiger partial charge on any atom is 0.387 e. The normalized spacial score (nSPS) is 11.4. The number of nitrogens with zero attached hydrogens (tertiary/aromatic N) is 3. The summed E-state index contributed by atoms with van der Waals surface area (Å²) >= 11 is 6.18. The predicted molar refractivity (Wildman–Crippen MR) is 142 cm³/mol. The van der Waals surface area contributed by atoms with Gasteiger partial charge in [-0.25, -0.2) is 9.97 Å². The summed E-state index contributed by atoms with van der Waals surface area (Å²) in [5, 5.41) is 6.38. The summed E-state index contributed by atoms with van der Waals surface area (Å²) in [4.78, 5) is 35.4. The van der Waals surface area contributed by atoms with E-state index in [2.05, 4.69) is 25.3 Å². The Morgan fingerprint density at radius 2 is 1.89 bits per heavy atom. The molecule has 4 aromatic rings. The van der Waals surface area contributed by atoms with Crippen molar-refractivity contribution in [2.24, 2.45) is 0 Å². The average molecular weight is 542 g/mol. The van der Waals surface area contributed by atoms with E-state index in [4.69, 9.17) is 11.6 Å². The van der Waals surface area contributed by atoms with E-state index in [-0.39, 0.29) is 41.1 Å². The number of aromatic nitrogens is 3. The van der Waals surface area contributed by atoms with E-state index in [0.717, 1.165) is 0 Å². The highest BCUT2D eigenvalue weighted by molar-refractivity contribution is 6.30. The summed E-state index contributed by atoms with van der Waals surface area (Å²) in [5.74, 6) is -0.128. The van der Waals surface area contributed by atoms with Crippen molar-refractivity contribution in [3.05, 3.63) is 75.7 Å². The van der Waals surface area contributed by atoms with Crippen LogP contribution in [-0.4, -0.2) is 40.1 Å². The Balaban J connectivity index is 1.89. The summed E-state index contributed by atoms with van der Waals surface area (Å²) in [5.41, 5.74) is 1.98.